The number of nitrogens with one attached hydrogen (secondary N) is 1. The topological polar surface area (TPSA) is 51.2 Å². The third-order valence-electron chi connectivity index (χ3n) is 3.81. The Morgan fingerprint density at radius 3 is 2.41 bits per heavy atom. The van der Waals surface area contributed by atoms with Crippen LogP contribution in [0.1, 0.15) is 29.8 Å². The SMILES string of the molecule is CC(C)NC(=O)c1ccc2c(Oc3ccc(C(F)(F)F)cc3)nccc2c1. The van der Waals surface area contributed by atoms with Crippen LogP contribution in [-0.2, 0) is 6.18 Å². The van der Waals surface area contributed by atoms with E-state index in [2.05, 4.69) is 10.3 Å². The average Bonchev–Trinajstić information content (AvgIpc) is 2.60. The maximum atomic E-state index is 12.7. The van der Waals surface area contributed by atoms with Crippen molar-refractivity contribution in [3.63, 3.8) is 0 Å². The summed E-state index contributed by atoms with van der Waals surface area (Å²) in [6.07, 6.45) is -2.88. The van der Waals surface area contributed by atoms with E-state index >= 15 is 0 Å². The van der Waals surface area contributed by atoms with Crippen molar-refractivity contribution in [1.82, 2.24) is 10.3 Å². The van der Waals surface area contributed by atoms with Crippen molar-refractivity contribution >= 4 is 16.7 Å². The molecule has 0 saturated heterocycles. The molecule has 1 amide bonds. The van der Waals surface area contributed by atoms with Gasteiger partial charge in [0.15, 0.2) is 0 Å². The van der Waals surface area contributed by atoms with Gasteiger partial charge < -0.3 is 10.1 Å². The molecular weight excluding hydrogens is 357 g/mol. The monoisotopic (exact) mass is 374 g/mol. The van der Waals surface area contributed by atoms with Crippen molar-refractivity contribution in [1.29, 1.82) is 0 Å². The molecule has 1 N–H and O–H groups in total. The molecule has 0 aliphatic carbocycles. The molecule has 140 valence electrons. The number of alkyl halides is 3. The molecule has 4 nitrogen and oxygen atoms in total. The van der Waals surface area contributed by atoms with Gasteiger partial charge in [0.25, 0.3) is 5.91 Å². The summed E-state index contributed by atoms with van der Waals surface area (Å²) in [7, 11) is 0. The van der Waals surface area contributed by atoms with E-state index in [1.165, 1.54) is 18.3 Å². The second kappa shape index (κ2) is 7.26. The highest BCUT2D eigenvalue weighted by Gasteiger charge is 2.30. The first kappa shape index (κ1) is 18.7. The number of hydrogen-bond acceptors (Lipinski definition) is 3. The van der Waals surface area contributed by atoms with Gasteiger partial charge in [-0.2, -0.15) is 13.2 Å². The number of benzene rings is 2. The molecule has 3 aromatic rings. The van der Waals surface area contributed by atoms with E-state index < -0.39 is 11.7 Å². The molecule has 7 heteroatoms. The van der Waals surface area contributed by atoms with Gasteiger partial charge in [0.05, 0.1) is 5.56 Å². The van der Waals surface area contributed by atoms with Crippen LogP contribution in [0.5, 0.6) is 11.6 Å². The van der Waals surface area contributed by atoms with E-state index in [0.29, 0.717) is 10.9 Å². The Balaban J connectivity index is 1.88. The van der Waals surface area contributed by atoms with Crippen LogP contribution in [-0.4, -0.2) is 16.9 Å². The maximum absolute atomic E-state index is 12.7. The molecule has 0 bridgehead atoms. The first-order valence-corrected chi connectivity index (χ1v) is 8.29. The number of halogens is 3. The van der Waals surface area contributed by atoms with Crippen molar-refractivity contribution in [3.8, 4) is 11.6 Å². The van der Waals surface area contributed by atoms with Crippen LogP contribution >= 0.6 is 0 Å². The summed E-state index contributed by atoms with van der Waals surface area (Å²) in [4.78, 5) is 16.3. The summed E-state index contributed by atoms with van der Waals surface area (Å²) in [5.41, 5.74) is -0.246. The van der Waals surface area contributed by atoms with Crippen molar-refractivity contribution in [3.05, 3.63) is 65.9 Å². The van der Waals surface area contributed by atoms with E-state index in [0.717, 1.165) is 17.5 Å². The number of hydrogen-bond donors (Lipinski definition) is 1. The van der Waals surface area contributed by atoms with Gasteiger partial charge in [-0.25, -0.2) is 4.98 Å². The minimum Gasteiger partial charge on any atom is -0.438 e. The van der Waals surface area contributed by atoms with Gasteiger partial charge in [-0.1, -0.05) is 0 Å². The number of aromatic nitrogens is 1. The highest BCUT2D eigenvalue weighted by Crippen LogP contribution is 2.32. The Morgan fingerprint density at radius 2 is 1.78 bits per heavy atom. The fraction of sp³-hybridized carbons (Fsp3) is 0.200. The molecular formula is C20H17F3N2O2. The third-order valence-corrected chi connectivity index (χ3v) is 3.81. The minimum absolute atomic E-state index is 0.0178. The van der Waals surface area contributed by atoms with Crippen LogP contribution in [0.25, 0.3) is 10.8 Å². The second-order valence-corrected chi connectivity index (χ2v) is 6.30. The highest BCUT2D eigenvalue weighted by atomic mass is 19.4. The zero-order chi connectivity index (χ0) is 19.6. The fourth-order valence-electron chi connectivity index (χ4n) is 2.54. The number of carbonyl (C=O) groups excluding carboxylic acids is 1. The molecule has 0 spiro atoms. The molecule has 0 atom stereocenters. The smallest absolute Gasteiger partial charge is 0.416 e. The molecule has 0 fully saturated rings. The summed E-state index contributed by atoms with van der Waals surface area (Å²) < 4.78 is 43.6. The summed E-state index contributed by atoms with van der Waals surface area (Å²) in [6, 6.07) is 11.2. The van der Waals surface area contributed by atoms with Crippen molar-refractivity contribution in [2.24, 2.45) is 0 Å². The van der Waals surface area contributed by atoms with Crippen molar-refractivity contribution < 1.29 is 22.7 Å². The normalized spacial score (nSPS) is 11.6. The first-order valence-electron chi connectivity index (χ1n) is 8.29. The van der Waals surface area contributed by atoms with E-state index in [-0.39, 0.29) is 23.6 Å². The van der Waals surface area contributed by atoms with E-state index in [9.17, 15) is 18.0 Å². The Labute approximate surface area is 154 Å². The number of nitrogens with zero attached hydrogens (tertiary/aromatic N) is 1. The number of rotatable bonds is 4. The molecule has 27 heavy (non-hydrogen) atoms. The zero-order valence-electron chi connectivity index (χ0n) is 14.7. The van der Waals surface area contributed by atoms with Crippen LogP contribution in [0.2, 0.25) is 0 Å². The lowest BCUT2D eigenvalue weighted by Gasteiger charge is -2.11. The summed E-state index contributed by atoms with van der Waals surface area (Å²) in [5.74, 6) is 0.307. The van der Waals surface area contributed by atoms with Crippen LogP contribution < -0.4 is 10.1 Å². The van der Waals surface area contributed by atoms with Crippen LogP contribution in [0.3, 0.4) is 0 Å². The minimum atomic E-state index is -4.40. The van der Waals surface area contributed by atoms with Crippen LogP contribution in [0, 0.1) is 0 Å². The zero-order valence-corrected chi connectivity index (χ0v) is 14.7. The quantitative estimate of drug-likeness (QED) is 0.684. The lowest BCUT2D eigenvalue weighted by Crippen LogP contribution is -2.29. The summed E-state index contributed by atoms with van der Waals surface area (Å²) in [5, 5.41) is 4.21. The third kappa shape index (κ3) is 4.36. The molecule has 1 heterocycles. The van der Waals surface area contributed by atoms with Crippen molar-refractivity contribution in [2.75, 3.05) is 0 Å². The van der Waals surface area contributed by atoms with Gasteiger partial charge in [0.1, 0.15) is 5.75 Å². The van der Waals surface area contributed by atoms with Gasteiger partial charge in [-0.3, -0.25) is 4.79 Å². The molecule has 0 radical (unpaired) electrons. The Morgan fingerprint density at radius 1 is 1.07 bits per heavy atom. The molecule has 0 unspecified atom stereocenters. The number of ether oxygens (including phenoxy) is 1. The Kier molecular flexibility index (Phi) is 5.03. The van der Waals surface area contributed by atoms with E-state index in [1.54, 1.807) is 24.3 Å². The predicted molar refractivity (Wildman–Crippen MR) is 95.9 cm³/mol. The van der Waals surface area contributed by atoms with Crippen molar-refractivity contribution in [2.45, 2.75) is 26.1 Å². The first-order chi connectivity index (χ1) is 12.7. The second-order valence-electron chi connectivity index (χ2n) is 6.30. The number of carbonyl (C=O) groups is 1. The highest BCUT2D eigenvalue weighted by molar-refractivity contribution is 5.99. The number of pyridine rings is 1. The molecule has 0 aliphatic rings. The Bertz CT molecular complexity index is 967. The largest absolute Gasteiger partial charge is 0.438 e. The molecule has 3 rings (SSSR count). The van der Waals surface area contributed by atoms with Gasteiger partial charge >= 0.3 is 6.18 Å². The van der Waals surface area contributed by atoms with Crippen LogP contribution in [0.4, 0.5) is 13.2 Å². The standard InChI is InChI=1S/C20H17F3N2O2/c1-12(2)25-18(26)14-3-8-17-13(11-14)9-10-24-19(17)27-16-6-4-15(5-7-16)20(21,22)23/h3-12H,1-2H3,(H,25,26). The predicted octanol–water partition coefficient (Wildman–Crippen LogP) is 5.18. The fourth-order valence-corrected chi connectivity index (χ4v) is 2.54. The summed E-state index contributed by atoms with van der Waals surface area (Å²) >= 11 is 0. The number of fused-ring (bicyclic) bond motifs is 1. The van der Waals surface area contributed by atoms with Gasteiger partial charge in [-0.05, 0) is 67.8 Å². The molecule has 2 aromatic carbocycles. The van der Waals surface area contributed by atoms with E-state index in [1.807, 2.05) is 13.8 Å². The molecule has 1 aromatic heterocycles. The van der Waals surface area contributed by atoms with Gasteiger partial charge in [-0.15, -0.1) is 0 Å². The van der Waals surface area contributed by atoms with Gasteiger partial charge in [0, 0.05) is 23.2 Å². The Hall–Kier alpha value is -3.09. The average molecular weight is 374 g/mol. The number of amides is 1. The summed E-state index contributed by atoms with van der Waals surface area (Å²) in [6.45, 7) is 3.75. The lowest BCUT2D eigenvalue weighted by atomic mass is 10.1. The molecule has 0 saturated carbocycles. The van der Waals surface area contributed by atoms with Crippen LogP contribution in [0.15, 0.2) is 54.7 Å². The lowest BCUT2D eigenvalue weighted by molar-refractivity contribution is -0.137. The van der Waals surface area contributed by atoms with Gasteiger partial charge in [0.2, 0.25) is 5.88 Å². The maximum Gasteiger partial charge on any atom is 0.416 e. The molecule has 0 aliphatic heterocycles. The van der Waals surface area contributed by atoms with E-state index in [4.69, 9.17) is 4.74 Å².